The zero-order valence-electron chi connectivity index (χ0n) is 19.5. The third-order valence-corrected chi connectivity index (χ3v) is 9.23. The quantitative estimate of drug-likeness (QED) is 0.627. The van der Waals surface area contributed by atoms with Crippen LogP contribution in [0, 0.1) is 23.2 Å². The van der Waals surface area contributed by atoms with Crippen molar-refractivity contribution < 1.29 is 19.1 Å². The highest BCUT2D eigenvalue weighted by atomic mass is 16.5. The average molecular weight is 451 g/mol. The number of anilines is 1. The molecule has 1 aromatic rings. The number of benzene rings is 1. The molecule has 0 spiro atoms. The molecular formula is C27H34N2O4. The van der Waals surface area contributed by atoms with Crippen LogP contribution in [-0.4, -0.2) is 41.8 Å². The second-order valence-corrected chi connectivity index (χ2v) is 11.3. The minimum atomic E-state index is -0.664. The van der Waals surface area contributed by atoms with Gasteiger partial charge in [0.2, 0.25) is 11.8 Å². The minimum absolute atomic E-state index is 0.0862. The second-order valence-electron chi connectivity index (χ2n) is 11.3. The van der Waals surface area contributed by atoms with Gasteiger partial charge >= 0.3 is 0 Å². The van der Waals surface area contributed by atoms with E-state index < -0.39 is 6.04 Å². The van der Waals surface area contributed by atoms with E-state index in [1.165, 1.54) is 24.2 Å². The van der Waals surface area contributed by atoms with Gasteiger partial charge in [0, 0.05) is 6.04 Å². The lowest BCUT2D eigenvalue weighted by Gasteiger charge is -2.57. The molecule has 6 aliphatic rings. The van der Waals surface area contributed by atoms with Gasteiger partial charge in [0.25, 0.3) is 5.91 Å². The fourth-order valence-electron chi connectivity index (χ4n) is 8.23. The summed E-state index contributed by atoms with van der Waals surface area (Å²) >= 11 is 0. The van der Waals surface area contributed by atoms with E-state index in [4.69, 9.17) is 4.74 Å². The lowest BCUT2D eigenvalue weighted by atomic mass is 9.49. The number of carbonyl (C=O) groups excluding carboxylic acids is 3. The Morgan fingerprint density at radius 2 is 1.55 bits per heavy atom. The summed E-state index contributed by atoms with van der Waals surface area (Å²) in [5.41, 5.74) is 0.260. The van der Waals surface area contributed by atoms with Crippen molar-refractivity contribution in [2.24, 2.45) is 23.2 Å². The number of imide groups is 1. The van der Waals surface area contributed by atoms with Gasteiger partial charge in [-0.2, -0.15) is 0 Å². The van der Waals surface area contributed by atoms with Crippen molar-refractivity contribution in [2.75, 3.05) is 12.0 Å². The maximum atomic E-state index is 14.4. The van der Waals surface area contributed by atoms with Crippen LogP contribution < -0.4 is 9.64 Å². The maximum Gasteiger partial charge on any atom is 0.257 e. The van der Waals surface area contributed by atoms with Crippen LogP contribution in [0.5, 0.6) is 5.75 Å². The molecule has 1 atom stereocenters. The summed E-state index contributed by atoms with van der Waals surface area (Å²) in [5, 5.41) is 0. The van der Waals surface area contributed by atoms with Crippen molar-refractivity contribution >= 4 is 23.4 Å². The Kier molecular flexibility index (Phi) is 5.04. The normalized spacial score (nSPS) is 35.5. The molecule has 6 heteroatoms. The first kappa shape index (κ1) is 21.2. The minimum Gasteiger partial charge on any atom is -0.497 e. The fourth-order valence-corrected chi connectivity index (χ4v) is 8.23. The van der Waals surface area contributed by atoms with Crippen molar-refractivity contribution in [3.63, 3.8) is 0 Å². The number of nitrogens with zero attached hydrogens (tertiary/aromatic N) is 2. The molecular weight excluding hydrogens is 416 g/mol. The van der Waals surface area contributed by atoms with Crippen molar-refractivity contribution in [3.8, 4) is 5.75 Å². The third-order valence-electron chi connectivity index (χ3n) is 9.23. The standard InChI is InChI=1S/C27H34N2O4/c1-33-22-8-6-21(7-9-22)29-24(30)13-23(25(29)31)28(20-4-2-3-5-20)26(32)27-14-17-10-18(15-27)12-19(11-17)16-27/h6-9,17-20,23H,2-5,10-16H2,1H3. The summed E-state index contributed by atoms with van der Waals surface area (Å²) in [6.07, 6.45) is 11.0. The van der Waals surface area contributed by atoms with Crippen LogP contribution in [0.15, 0.2) is 24.3 Å². The topological polar surface area (TPSA) is 66.9 Å². The van der Waals surface area contributed by atoms with Gasteiger partial charge in [0.15, 0.2) is 0 Å². The van der Waals surface area contributed by atoms with E-state index in [0.717, 1.165) is 44.9 Å². The first-order chi connectivity index (χ1) is 16.0. The van der Waals surface area contributed by atoms with Gasteiger partial charge in [-0.25, -0.2) is 4.90 Å². The molecule has 1 aliphatic heterocycles. The number of methoxy groups -OCH3 is 1. The third kappa shape index (κ3) is 3.39. The summed E-state index contributed by atoms with van der Waals surface area (Å²) in [6.45, 7) is 0. The predicted octanol–water partition coefficient (Wildman–Crippen LogP) is 4.31. The fraction of sp³-hybridized carbons (Fsp3) is 0.667. The molecule has 6 nitrogen and oxygen atoms in total. The highest BCUT2D eigenvalue weighted by molar-refractivity contribution is 6.23. The maximum absolute atomic E-state index is 14.4. The molecule has 176 valence electrons. The largest absolute Gasteiger partial charge is 0.497 e. The van der Waals surface area contributed by atoms with Crippen molar-refractivity contribution in [3.05, 3.63) is 24.3 Å². The van der Waals surface area contributed by atoms with Crippen LogP contribution in [-0.2, 0) is 14.4 Å². The number of rotatable bonds is 5. The Hall–Kier alpha value is -2.37. The summed E-state index contributed by atoms with van der Waals surface area (Å²) in [7, 11) is 1.59. The van der Waals surface area contributed by atoms with E-state index in [2.05, 4.69) is 0 Å². The highest BCUT2D eigenvalue weighted by Gasteiger charge is 2.58. The zero-order valence-corrected chi connectivity index (χ0v) is 19.5. The molecule has 4 bridgehead atoms. The molecule has 1 unspecified atom stereocenters. The Bertz CT molecular complexity index is 930. The molecule has 1 aromatic carbocycles. The molecule has 0 radical (unpaired) electrons. The molecule has 33 heavy (non-hydrogen) atoms. The van der Waals surface area contributed by atoms with E-state index in [1.54, 1.807) is 31.4 Å². The summed E-state index contributed by atoms with van der Waals surface area (Å²) < 4.78 is 5.22. The number of amides is 3. The van der Waals surface area contributed by atoms with Crippen LogP contribution in [0.25, 0.3) is 0 Å². The molecule has 6 fully saturated rings. The van der Waals surface area contributed by atoms with Gasteiger partial charge in [0.1, 0.15) is 11.8 Å². The summed E-state index contributed by atoms with van der Waals surface area (Å²) in [5.74, 6) is 2.42. The molecule has 5 aliphatic carbocycles. The second kappa shape index (κ2) is 7.85. The number of hydrogen-bond donors (Lipinski definition) is 0. The van der Waals surface area contributed by atoms with Gasteiger partial charge in [-0.3, -0.25) is 14.4 Å². The Balaban J connectivity index is 1.31. The average Bonchev–Trinajstić information content (AvgIpc) is 3.42. The van der Waals surface area contributed by atoms with Crippen molar-refractivity contribution in [1.82, 2.24) is 4.90 Å². The molecule has 0 N–H and O–H groups in total. The summed E-state index contributed by atoms with van der Waals surface area (Å²) in [4.78, 5) is 44.4. The van der Waals surface area contributed by atoms with Crippen molar-refractivity contribution in [1.29, 1.82) is 0 Å². The van der Waals surface area contributed by atoms with Gasteiger partial charge in [-0.15, -0.1) is 0 Å². The van der Waals surface area contributed by atoms with Crippen LogP contribution in [0.2, 0.25) is 0 Å². The highest BCUT2D eigenvalue weighted by Crippen LogP contribution is 2.61. The lowest BCUT2D eigenvalue weighted by Crippen LogP contribution is -2.59. The first-order valence-electron chi connectivity index (χ1n) is 12.8. The Morgan fingerprint density at radius 1 is 0.970 bits per heavy atom. The van der Waals surface area contributed by atoms with E-state index in [-0.39, 0.29) is 35.6 Å². The Labute approximate surface area is 195 Å². The molecule has 1 heterocycles. The smallest absolute Gasteiger partial charge is 0.257 e. The van der Waals surface area contributed by atoms with E-state index in [0.29, 0.717) is 29.2 Å². The predicted molar refractivity (Wildman–Crippen MR) is 124 cm³/mol. The first-order valence-corrected chi connectivity index (χ1v) is 12.8. The number of ether oxygens (including phenoxy) is 1. The van der Waals surface area contributed by atoms with E-state index in [1.807, 2.05) is 4.90 Å². The van der Waals surface area contributed by atoms with Gasteiger partial charge < -0.3 is 9.64 Å². The Morgan fingerprint density at radius 3 is 2.09 bits per heavy atom. The van der Waals surface area contributed by atoms with Gasteiger partial charge in [-0.05, 0) is 93.4 Å². The molecule has 5 saturated carbocycles. The SMILES string of the molecule is COc1ccc(N2C(=O)CC(N(C(=O)C34CC5CC(CC(C5)C3)C4)C3CCCC3)C2=O)cc1. The van der Waals surface area contributed by atoms with E-state index >= 15 is 0 Å². The van der Waals surface area contributed by atoms with Crippen LogP contribution in [0.4, 0.5) is 5.69 Å². The summed E-state index contributed by atoms with van der Waals surface area (Å²) in [6, 6.07) is 6.44. The number of carbonyl (C=O) groups is 3. The zero-order chi connectivity index (χ0) is 22.7. The molecule has 3 amide bonds. The lowest BCUT2D eigenvalue weighted by molar-refractivity contribution is -0.164. The van der Waals surface area contributed by atoms with Gasteiger partial charge in [-0.1, -0.05) is 12.8 Å². The van der Waals surface area contributed by atoms with E-state index in [9.17, 15) is 14.4 Å². The molecule has 7 rings (SSSR count). The van der Waals surface area contributed by atoms with Gasteiger partial charge in [0.05, 0.1) is 24.6 Å². The van der Waals surface area contributed by atoms with Crippen LogP contribution in [0.3, 0.4) is 0 Å². The number of hydrogen-bond acceptors (Lipinski definition) is 4. The van der Waals surface area contributed by atoms with Crippen LogP contribution >= 0.6 is 0 Å². The van der Waals surface area contributed by atoms with Crippen LogP contribution in [0.1, 0.15) is 70.6 Å². The molecule has 1 saturated heterocycles. The van der Waals surface area contributed by atoms with Crippen molar-refractivity contribution in [2.45, 2.75) is 82.7 Å². The molecule has 0 aromatic heterocycles. The monoisotopic (exact) mass is 450 g/mol.